The van der Waals surface area contributed by atoms with E-state index in [-0.39, 0.29) is 0 Å². The minimum atomic E-state index is 0.811. The first kappa shape index (κ1) is 14.0. The van der Waals surface area contributed by atoms with Gasteiger partial charge in [-0.25, -0.2) is 0 Å². The Morgan fingerprint density at radius 2 is 2.19 bits per heavy atom. The highest BCUT2D eigenvalue weighted by atomic mass is 15.1. The second kappa shape index (κ2) is 8.08. The third-order valence-electron chi connectivity index (χ3n) is 3.83. The summed E-state index contributed by atoms with van der Waals surface area (Å²) in [6, 6.07) is 0.811. The first-order valence-corrected chi connectivity index (χ1v) is 7.14. The molecule has 1 heterocycles. The lowest BCUT2D eigenvalue weighted by Gasteiger charge is -2.25. The molecule has 0 aliphatic carbocycles. The molecule has 0 saturated carbocycles. The highest BCUT2D eigenvalue weighted by Crippen LogP contribution is 2.12. The van der Waals surface area contributed by atoms with Crippen LogP contribution in [0.15, 0.2) is 0 Å². The van der Waals surface area contributed by atoms with Gasteiger partial charge in [0.1, 0.15) is 0 Å². The Hall–Kier alpha value is -0.0800. The topological polar surface area (TPSA) is 15.3 Å². The zero-order valence-electron chi connectivity index (χ0n) is 11.5. The van der Waals surface area contributed by atoms with Gasteiger partial charge in [-0.1, -0.05) is 26.7 Å². The molecule has 1 aliphatic heterocycles. The van der Waals surface area contributed by atoms with Crippen LogP contribution in [0.2, 0.25) is 0 Å². The lowest BCUT2D eigenvalue weighted by molar-refractivity contribution is 0.266. The fraction of sp³-hybridized carbons (Fsp3) is 1.00. The Morgan fingerprint density at radius 3 is 2.81 bits per heavy atom. The van der Waals surface area contributed by atoms with E-state index in [1.54, 1.807) is 0 Å². The second-order valence-electron chi connectivity index (χ2n) is 5.56. The molecule has 0 radical (unpaired) electrons. The van der Waals surface area contributed by atoms with Gasteiger partial charge in [-0.05, 0) is 51.7 Å². The predicted molar refractivity (Wildman–Crippen MR) is 71.8 cm³/mol. The van der Waals surface area contributed by atoms with Gasteiger partial charge >= 0.3 is 0 Å². The number of piperidine rings is 1. The van der Waals surface area contributed by atoms with Gasteiger partial charge in [0.15, 0.2) is 0 Å². The minimum Gasteiger partial charge on any atom is -0.314 e. The zero-order chi connectivity index (χ0) is 11.8. The van der Waals surface area contributed by atoms with E-state index in [1.165, 1.54) is 58.2 Å². The zero-order valence-corrected chi connectivity index (χ0v) is 11.5. The van der Waals surface area contributed by atoms with Crippen molar-refractivity contribution in [2.75, 3.05) is 26.7 Å². The molecule has 1 rings (SSSR count). The Morgan fingerprint density at radius 1 is 1.38 bits per heavy atom. The van der Waals surface area contributed by atoms with E-state index in [0.29, 0.717) is 0 Å². The summed E-state index contributed by atoms with van der Waals surface area (Å²) in [7, 11) is 2.26. The summed E-state index contributed by atoms with van der Waals surface area (Å²) in [5.41, 5.74) is 0. The van der Waals surface area contributed by atoms with Gasteiger partial charge < -0.3 is 10.2 Å². The smallest absolute Gasteiger partial charge is 0.00675 e. The van der Waals surface area contributed by atoms with Crippen LogP contribution in [0.1, 0.15) is 52.4 Å². The van der Waals surface area contributed by atoms with Gasteiger partial charge in [0.25, 0.3) is 0 Å². The molecule has 2 nitrogen and oxygen atoms in total. The van der Waals surface area contributed by atoms with Crippen molar-refractivity contribution in [3.05, 3.63) is 0 Å². The molecule has 0 bridgehead atoms. The van der Waals surface area contributed by atoms with E-state index < -0.39 is 0 Å². The summed E-state index contributed by atoms with van der Waals surface area (Å²) in [5, 5.41) is 3.63. The molecule has 1 N–H and O–H groups in total. The molecular formula is C14H30N2. The Bertz CT molecular complexity index is 164. The second-order valence-corrected chi connectivity index (χ2v) is 5.56. The first-order valence-electron chi connectivity index (χ1n) is 7.14. The molecule has 1 fully saturated rings. The molecule has 0 aromatic rings. The number of nitrogens with one attached hydrogen (secondary N) is 1. The van der Waals surface area contributed by atoms with E-state index in [1.807, 2.05) is 0 Å². The van der Waals surface area contributed by atoms with Crippen LogP contribution in [-0.4, -0.2) is 37.6 Å². The van der Waals surface area contributed by atoms with E-state index in [9.17, 15) is 0 Å². The lowest BCUT2D eigenvalue weighted by atomic mass is 10.0. The maximum Gasteiger partial charge on any atom is 0.00675 e. The van der Waals surface area contributed by atoms with E-state index in [4.69, 9.17) is 0 Å². The maximum absolute atomic E-state index is 3.63. The fourth-order valence-corrected chi connectivity index (χ4v) is 2.53. The number of hydrogen-bond acceptors (Lipinski definition) is 2. The largest absolute Gasteiger partial charge is 0.314 e. The summed E-state index contributed by atoms with van der Waals surface area (Å²) in [6.45, 7) is 8.40. The third kappa shape index (κ3) is 5.86. The predicted octanol–water partition coefficient (Wildman–Crippen LogP) is 2.89. The van der Waals surface area contributed by atoms with Crippen LogP contribution in [0.5, 0.6) is 0 Å². The molecule has 0 spiro atoms. The molecule has 0 aromatic carbocycles. The standard InChI is InChI=1S/C14H30N2/c1-4-13(2)12-16(3)11-7-9-14-8-5-6-10-15-14/h13-15H,4-12H2,1-3H3. The fourth-order valence-electron chi connectivity index (χ4n) is 2.53. The van der Waals surface area contributed by atoms with Crippen LogP contribution < -0.4 is 5.32 Å². The number of hydrogen-bond donors (Lipinski definition) is 1. The van der Waals surface area contributed by atoms with Crippen molar-refractivity contribution in [1.82, 2.24) is 10.2 Å². The van der Waals surface area contributed by atoms with Gasteiger partial charge in [-0.3, -0.25) is 0 Å². The third-order valence-corrected chi connectivity index (χ3v) is 3.83. The Kier molecular flexibility index (Phi) is 7.06. The van der Waals surface area contributed by atoms with Crippen molar-refractivity contribution < 1.29 is 0 Å². The molecule has 96 valence electrons. The first-order chi connectivity index (χ1) is 7.72. The van der Waals surface area contributed by atoms with Crippen molar-refractivity contribution in [3.63, 3.8) is 0 Å². The van der Waals surface area contributed by atoms with Crippen molar-refractivity contribution in [2.24, 2.45) is 5.92 Å². The molecule has 2 heteroatoms. The average molecular weight is 226 g/mol. The summed E-state index contributed by atoms with van der Waals surface area (Å²) in [4.78, 5) is 2.50. The average Bonchev–Trinajstić information content (AvgIpc) is 2.30. The minimum absolute atomic E-state index is 0.811. The molecule has 16 heavy (non-hydrogen) atoms. The monoisotopic (exact) mass is 226 g/mol. The lowest BCUT2D eigenvalue weighted by Crippen LogP contribution is -2.34. The van der Waals surface area contributed by atoms with E-state index in [0.717, 1.165) is 12.0 Å². The molecular weight excluding hydrogens is 196 g/mol. The summed E-state index contributed by atoms with van der Waals surface area (Å²) >= 11 is 0. The Labute approximate surface area is 102 Å². The van der Waals surface area contributed by atoms with E-state index in [2.05, 4.69) is 31.1 Å². The van der Waals surface area contributed by atoms with Crippen molar-refractivity contribution in [3.8, 4) is 0 Å². The number of nitrogens with zero attached hydrogens (tertiary/aromatic N) is 1. The molecule has 2 unspecified atom stereocenters. The summed E-state index contributed by atoms with van der Waals surface area (Å²) in [5.74, 6) is 0.845. The van der Waals surface area contributed by atoms with Crippen LogP contribution in [0.3, 0.4) is 0 Å². The quantitative estimate of drug-likeness (QED) is 0.718. The van der Waals surface area contributed by atoms with Gasteiger partial charge in [0.2, 0.25) is 0 Å². The Balaban J connectivity index is 2.00. The van der Waals surface area contributed by atoms with Gasteiger partial charge in [0.05, 0.1) is 0 Å². The molecule has 2 atom stereocenters. The van der Waals surface area contributed by atoms with Gasteiger partial charge in [0, 0.05) is 12.6 Å². The molecule has 0 aromatic heterocycles. The van der Waals surface area contributed by atoms with Crippen LogP contribution >= 0.6 is 0 Å². The van der Waals surface area contributed by atoms with E-state index >= 15 is 0 Å². The van der Waals surface area contributed by atoms with Crippen LogP contribution in [-0.2, 0) is 0 Å². The van der Waals surface area contributed by atoms with Crippen molar-refractivity contribution in [2.45, 2.75) is 58.4 Å². The molecule has 0 amide bonds. The van der Waals surface area contributed by atoms with Crippen LogP contribution in [0.4, 0.5) is 0 Å². The van der Waals surface area contributed by atoms with Crippen LogP contribution in [0.25, 0.3) is 0 Å². The van der Waals surface area contributed by atoms with Gasteiger partial charge in [-0.15, -0.1) is 0 Å². The maximum atomic E-state index is 3.63. The molecule has 1 aliphatic rings. The SMILES string of the molecule is CCC(C)CN(C)CCCC1CCCCN1. The summed E-state index contributed by atoms with van der Waals surface area (Å²) in [6.07, 6.45) is 8.23. The summed E-state index contributed by atoms with van der Waals surface area (Å²) < 4.78 is 0. The van der Waals surface area contributed by atoms with Gasteiger partial charge in [-0.2, -0.15) is 0 Å². The normalized spacial score (nSPS) is 23.6. The van der Waals surface area contributed by atoms with Crippen LogP contribution in [0, 0.1) is 5.92 Å². The number of rotatable bonds is 7. The highest BCUT2D eigenvalue weighted by molar-refractivity contribution is 4.72. The van der Waals surface area contributed by atoms with Crippen molar-refractivity contribution in [1.29, 1.82) is 0 Å². The highest BCUT2D eigenvalue weighted by Gasteiger charge is 2.12. The molecule has 1 saturated heterocycles. The van der Waals surface area contributed by atoms with Crippen molar-refractivity contribution >= 4 is 0 Å².